The molecule has 0 fully saturated rings. The molecule has 2 rings (SSSR count). The second-order valence-electron chi connectivity index (χ2n) is 4.53. The molecule has 0 aliphatic carbocycles. The van der Waals surface area contributed by atoms with Crippen LogP contribution < -0.4 is 0 Å². The summed E-state index contributed by atoms with van der Waals surface area (Å²) in [5, 5.41) is 0.717. The van der Waals surface area contributed by atoms with Gasteiger partial charge in [-0.05, 0) is 49.6 Å². The molecule has 0 bridgehead atoms. The molecule has 0 unspecified atom stereocenters. The molecule has 106 valence electrons. The normalized spacial score (nSPS) is 10.5. The Labute approximate surface area is 124 Å². The molecule has 2 aromatic rings. The van der Waals surface area contributed by atoms with Gasteiger partial charge in [-0.1, -0.05) is 17.7 Å². The molecule has 1 aromatic heterocycles. The van der Waals surface area contributed by atoms with Crippen LogP contribution in [0.15, 0.2) is 42.7 Å². The summed E-state index contributed by atoms with van der Waals surface area (Å²) in [5.74, 6) is -0.137. The number of benzene rings is 1. The lowest BCUT2D eigenvalue weighted by molar-refractivity contribution is -0.143. The zero-order valence-corrected chi connectivity index (χ0v) is 12.3. The van der Waals surface area contributed by atoms with E-state index in [4.69, 9.17) is 16.3 Å². The minimum Gasteiger partial charge on any atom is -0.466 e. The van der Waals surface area contributed by atoms with Gasteiger partial charge in [-0.25, -0.2) is 0 Å². The summed E-state index contributed by atoms with van der Waals surface area (Å²) in [6.45, 7) is 2.26. The zero-order valence-electron chi connectivity index (χ0n) is 11.5. The lowest BCUT2D eigenvalue weighted by atomic mass is 10.1. The number of aromatic nitrogens is 1. The Morgan fingerprint density at radius 2 is 2.05 bits per heavy atom. The van der Waals surface area contributed by atoms with Crippen molar-refractivity contribution < 1.29 is 9.53 Å². The molecule has 1 heterocycles. The molecule has 20 heavy (non-hydrogen) atoms. The van der Waals surface area contributed by atoms with Crippen molar-refractivity contribution in [1.82, 2.24) is 4.57 Å². The van der Waals surface area contributed by atoms with E-state index < -0.39 is 0 Å². The molecule has 1 aromatic carbocycles. The van der Waals surface area contributed by atoms with Gasteiger partial charge in [0, 0.05) is 18.8 Å². The van der Waals surface area contributed by atoms with E-state index in [9.17, 15) is 4.79 Å². The highest BCUT2D eigenvalue weighted by atomic mass is 35.5. The van der Waals surface area contributed by atoms with Gasteiger partial charge in [0.25, 0.3) is 0 Å². The molecule has 0 saturated carbocycles. The number of nitrogens with zero attached hydrogens (tertiary/aromatic N) is 1. The molecule has 0 aliphatic rings. The molecule has 0 saturated heterocycles. The predicted octanol–water partition coefficient (Wildman–Crippen LogP) is 4.02. The minimum atomic E-state index is -0.137. The van der Waals surface area contributed by atoms with Gasteiger partial charge in [-0.2, -0.15) is 0 Å². The first-order chi connectivity index (χ1) is 9.70. The van der Waals surface area contributed by atoms with Crippen LogP contribution in [0.5, 0.6) is 0 Å². The Balaban J connectivity index is 1.94. The maximum atomic E-state index is 11.3. The summed E-state index contributed by atoms with van der Waals surface area (Å²) in [6, 6.07) is 9.93. The molecule has 0 N–H and O–H groups in total. The standard InChI is InChI=1S/C16H18ClNO2/c1-2-20-16(19)7-5-6-13-8-9-15(14(17)12-13)18-10-3-4-11-18/h3-4,8-12H,2,5-7H2,1H3. The molecule has 4 heteroatoms. The fraction of sp³-hybridized carbons (Fsp3) is 0.312. The Kier molecular flexibility index (Phi) is 5.24. The average Bonchev–Trinajstić information content (AvgIpc) is 2.93. The molecule has 0 spiro atoms. The van der Waals surface area contributed by atoms with Crippen molar-refractivity contribution in [1.29, 1.82) is 0 Å². The highest BCUT2D eigenvalue weighted by Gasteiger charge is 2.05. The Hall–Kier alpha value is -1.74. The smallest absolute Gasteiger partial charge is 0.305 e. The maximum Gasteiger partial charge on any atom is 0.305 e. The molecule has 0 amide bonds. The van der Waals surface area contributed by atoms with E-state index in [2.05, 4.69) is 0 Å². The van der Waals surface area contributed by atoms with Crippen LogP contribution in [0.1, 0.15) is 25.3 Å². The van der Waals surface area contributed by atoms with E-state index in [0.29, 0.717) is 13.0 Å². The summed E-state index contributed by atoms with van der Waals surface area (Å²) in [5.41, 5.74) is 2.10. The van der Waals surface area contributed by atoms with Crippen LogP contribution in [-0.4, -0.2) is 17.1 Å². The van der Waals surface area contributed by atoms with Crippen LogP contribution in [0.4, 0.5) is 0 Å². The quantitative estimate of drug-likeness (QED) is 0.753. The van der Waals surface area contributed by atoms with Crippen molar-refractivity contribution in [2.45, 2.75) is 26.2 Å². The third kappa shape index (κ3) is 3.87. The van der Waals surface area contributed by atoms with Crippen molar-refractivity contribution in [3.63, 3.8) is 0 Å². The van der Waals surface area contributed by atoms with Crippen LogP contribution in [0.2, 0.25) is 5.02 Å². The third-order valence-corrected chi connectivity index (χ3v) is 3.35. The lowest BCUT2D eigenvalue weighted by Crippen LogP contribution is -2.04. The summed E-state index contributed by atoms with van der Waals surface area (Å²) >= 11 is 6.30. The van der Waals surface area contributed by atoms with E-state index in [1.807, 2.05) is 54.2 Å². The van der Waals surface area contributed by atoms with Crippen LogP contribution in [0, 0.1) is 0 Å². The molecular formula is C16H18ClNO2. The van der Waals surface area contributed by atoms with Gasteiger partial charge in [0.2, 0.25) is 0 Å². The summed E-state index contributed by atoms with van der Waals surface area (Å²) < 4.78 is 6.88. The SMILES string of the molecule is CCOC(=O)CCCc1ccc(-n2cccc2)c(Cl)c1. The number of ether oxygens (including phenoxy) is 1. The number of carbonyl (C=O) groups is 1. The average molecular weight is 292 g/mol. The zero-order chi connectivity index (χ0) is 14.4. The summed E-state index contributed by atoms with van der Waals surface area (Å²) in [6.07, 6.45) is 5.97. The largest absolute Gasteiger partial charge is 0.466 e. The first kappa shape index (κ1) is 14.7. The molecule has 0 atom stereocenters. The highest BCUT2D eigenvalue weighted by molar-refractivity contribution is 6.32. The van der Waals surface area contributed by atoms with E-state index in [1.54, 1.807) is 0 Å². The second kappa shape index (κ2) is 7.15. The first-order valence-corrected chi connectivity index (χ1v) is 7.16. The minimum absolute atomic E-state index is 0.137. The van der Waals surface area contributed by atoms with Crippen molar-refractivity contribution in [2.75, 3.05) is 6.61 Å². The number of halogens is 1. The van der Waals surface area contributed by atoms with Gasteiger partial charge in [0.15, 0.2) is 0 Å². The predicted molar refractivity (Wildman–Crippen MR) is 80.4 cm³/mol. The number of esters is 1. The van der Waals surface area contributed by atoms with Crippen molar-refractivity contribution in [3.05, 3.63) is 53.3 Å². The molecule has 3 nitrogen and oxygen atoms in total. The maximum absolute atomic E-state index is 11.3. The van der Waals surface area contributed by atoms with E-state index in [1.165, 1.54) is 0 Å². The van der Waals surface area contributed by atoms with Gasteiger partial charge >= 0.3 is 5.97 Å². The van der Waals surface area contributed by atoms with Gasteiger partial charge in [-0.15, -0.1) is 0 Å². The Morgan fingerprint density at radius 3 is 2.70 bits per heavy atom. The topological polar surface area (TPSA) is 31.2 Å². The molecule has 0 radical (unpaired) electrons. The molecule has 0 aliphatic heterocycles. The number of hydrogen-bond donors (Lipinski definition) is 0. The van der Waals surface area contributed by atoms with Gasteiger partial charge < -0.3 is 9.30 Å². The third-order valence-electron chi connectivity index (χ3n) is 3.05. The van der Waals surface area contributed by atoms with Gasteiger partial charge in [-0.3, -0.25) is 4.79 Å². The number of hydrogen-bond acceptors (Lipinski definition) is 2. The molecular weight excluding hydrogens is 274 g/mol. The van der Waals surface area contributed by atoms with Crippen LogP contribution >= 0.6 is 11.6 Å². The van der Waals surface area contributed by atoms with Crippen molar-refractivity contribution >= 4 is 17.6 Å². The summed E-state index contributed by atoms with van der Waals surface area (Å²) in [7, 11) is 0. The van der Waals surface area contributed by atoms with Crippen LogP contribution in [0.25, 0.3) is 5.69 Å². The van der Waals surface area contributed by atoms with Crippen LogP contribution in [0.3, 0.4) is 0 Å². The van der Waals surface area contributed by atoms with Crippen LogP contribution in [-0.2, 0) is 16.0 Å². The summed E-state index contributed by atoms with van der Waals surface area (Å²) in [4.78, 5) is 11.3. The highest BCUT2D eigenvalue weighted by Crippen LogP contribution is 2.22. The van der Waals surface area contributed by atoms with Gasteiger partial charge in [0.05, 0.1) is 17.3 Å². The fourth-order valence-electron chi connectivity index (χ4n) is 2.08. The van der Waals surface area contributed by atoms with Gasteiger partial charge in [0.1, 0.15) is 0 Å². The fourth-order valence-corrected chi connectivity index (χ4v) is 2.38. The lowest BCUT2D eigenvalue weighted by Gasteiger charge is -2.08. The second-order valence-corrected chi connectivity index (χ2v) is 4.94. The van der Waals surface area contributed by atoms with E-state index >= 15 is 0 Å². The first-order valence-electron chi connectivity index (χ1n) is 6.78. The van der Waals surface area contributed by atoms with Crippen molar-refractivity contribution in [3.8, 4) is 5.69 Å². The number of aryl methyl sites for hydroxylation is 1. The number of rotatable bonds is 6. The Bertz CT molecular complexity index is 564. The van der Waals surface area contributed by atoms with Crippen molar-refractivity contribution in [2.24, 2.45) is 0 Å². The monoisotopic (exact) mass is 291 g/mol. The van der Waals surface area contributed by atoms with E-state index in [-0.39, 0.29) is 5.97 Å². The number of carbonyl (C=O) groups excluding carboxylic acids is 1. The Morgan fingerprint density at radius 1 is 1.30 bits per heavy atom. The van der Waals surface area contributed by atoms with E-state index in [0.717, 1.165) is 29.1 Å².